The lowest BCUT2D eigenvalue weighted by Crippen LogP contribution is -2.29. The number of ether oxygens (including phenoxy) is 1. The summed E-state index contributed by atoms with van der Waals surface area (Å²) >= 11 is 3.56. The van der Waals surface area contributed by atoms with Crippen molar-refractivity contribution in [3.63, 3.8) is 0 Å². The fourth-order valence-corrected chi connectivity index (χ4v) is 4.20. The third-order valence-electron chi connectivity index (χ3n) is 4.85. The Balaban J connectivity index is 1.82. The maximum atomic E-state index is 13.7. The van der Waals surface area contributed by atoms with Crippen LogP contribution in [0.5, 0.6) is 5.75 Å². The summed E-state index contributed by atoms with van der Waals surface area (Å²) in [6, 6.07) is 11.2. The molecule has 0 bridgehead atoms. The Morgan fingerprint density at radius 2 is 2.04 bits per heavy atom. The van der Waals surface area contributed by atoms with Crippen LogP contribution in [-0.2, 0) is 0 Å². The largest absolute Gasteiger partial charge is 0.496 e. The van der Waals surface area contributed by atoms with Gasteiger partial charge in [0.05, 0.1) is 13.2 Å². The van der Waals surface area contributed by atoms with Crippen molar-refractivity contribution in [2.45, 2.75) is 18.4 Å². The molecule has 2 nitrogen and oxygen atoms in total. The number of hydrogen-bond donors (Lipinski definition) is 1. The van der Waals surface area contributed by atoms with E-state index in [9.17, 15) is 4.39 Å². The number of benzene rings is 2. The van der Waals surface area contributed by atoms with Crippen LogP contribution in [0.3, 0.4) is 0 Å². The number of methoxy groups -OCH3 is 1. The van der Waals surface area contributed by atoms with Crippen molar-refractivity contribution in [1.29, 1.82) is 0 Å². The highest BCUT2D eigenvalue weighted by Gasteiger charge is 2.39. The lowest BCUT2D eigenvalue weighted by atomic mass is 9.77. The summed E-state index contributed by atoms with van der Waals surface area (Å²) in [6.07, 6.45) is 5.39. The minimum Gasteiger partial charge on any atom is -0.496 e. The molecule has 2 aliphatic rings. The number of halogens is 2. The van der Waals surface area contributed by atoms with Gasteiger partial charge in [-0.3, -0.25) is 0 Å². The van der Waals surface area contributed by atoms with Gasteiger partial charge in [0.1, 0.15) is 11.6 Å². The summed E-state index contributed by atoms with van der Waals surface area (Å²) in [5.41, 5.74) is 3.19. The molecule has 1 N–H and O–H groups in total. The molecule has 1 heterocycles. The van der Waals surface area contributed by atoms with Crippen molar-refractivity contribution in [3.8, 4) is 5.75 Å². The fourth-order valence-electron chi connectivity index (χ4n) is 3.82. The molecular formula is C19H17BrFNO. The predicted octanol–water partition coefficient (Wildman–Crippen LogP) is 5.42. The Bertz CT molecular complexity index is 789. The van der Waals surface area contributed by atoms with Gasteiger partial charge in [-0.25, -0.2) is 4.39 Å². The van der Waals surface area contributed by atoms with Crippen molar-refractivity contribution < 1.29 is 9.13 Å². The van der Waals surface area contributed by atoms with Gasteiger partial charge in [-0.2, -0.15) is 0 Å². The zero-order valence-electron chi connectivity index (χ0n) is 12.7. The Morgan fingerprint density at radius 1 is 1.17 bits per heavy atom. The zero-order valence-corrected chi connectivity index (χ0v) is 14.3. The normalized spacial score (nSPS) is 24.7. The summed E-state index contributed by atoms with van der Waals surface area (Å²) in [7, 11) is 1.70. The van der Waals surface area contributed by atoms with E-state index < -0.39 is 0 Å². The van der Waals surface area contributed by atoms with Crippen LogP contribution in [0.4, 0.5) is 10.1 Å². The molecule has 0 saturated carbocycles. The maximum absolute atomic E-state index is 13.7. The quantitative estimate of drug-likeness (QED) is 0.709. The van der Waals surface area contributed by atoms with Gasteiger partial charge in [-0.15, -0.1) is 0 Å². The number of anilines is 1. The second-order valence-electron chi connectivity index (χ2n) is 6.09. The molecule has 2 aromatic rings. The van der Waals surface area contributed by atoms with Crippen LogP contribution in [0, 0.1) is 11.7 Å². The van der Waals surface area contributed by atoms with Gasteiger partial charge in [0.2, 0.25) is 0 Å². The van der Waals surface area contributed by atoms with E-state index in [1.165, 1.54) is 6.07 Å². The van der Waals surface area contributed by atoms with Crippen LogP contribution in [0.15, 0.2) is 53.0 Å². The summed E-state index contributed by atoms with van der Waals surface area (Å²) in [5.74, 6) is 1.31. The van der Waals surface area contributed by atoms with E-state index in [2.05, 4.69) is 39.5 Å². The monoisotopic (exact) mass is 373 g/mol. The minimum atomic E-state index is -0.178. The second kappa shape index (κ2) is 5.68. The van der Waals surface area contributed by atoms with Crippen molar-refractivity contribution in [2.75, 3.05) is 12.4 Å². The third kappa shape index (κ3) is 2.45. The topological polar surface area (TPSA) is 21.3 Å². The Labute approximate surface area is 143 Å². The average molecular weight is 374 g/mol. The lowest BCUT2D eigenvalue weighted by molar-refractivity contribution is 0.380. The van der Waals surface area contributed by atoms with Gasteiger partial charge in [0.15, 0.2) is 0 Å². The number of hydrogen-bond acceptors (Lipinski definition) is 2. The van der Waals surface area contributed by atoms with Crippen LogP contribution < -0.4 is 10.1 Å². The van der Waals surface area contributed by atoms with Gasteiger partial charge in [-0.1, -0.05) is 28.1 Å². The molecule has 0 saturated heterocycles. The van der Waals surface area contributed by atoms with E-state index in [4.69, 9.17) is 4.74 Å². The highest BCUT2D eigenvalue weighted by molar-refractivity contribution is 9.10. The summed E-state index contributed by atoms with van der Waals surface area (Å²) in [6.45, 7) is 0. The molecule has 0 amide bonds. The molecule has 2 aromatic carbocycles. The minimum absolute atomic E-state index is 0.139. The first kappa shape index (κ1) is 14.8. The smallest absolute Gasteiger partial charge is 0.124 e. The Hall–Kier alpha value is -1.81. The van der Waals surface area contributed by atoms with Crippen molar-refractivity contribution >= 4 is 21.6 Å². The van der Waals surface area contributed by atoms with E-state index in [0.717, 1.165) is 33.5 Å². The van der Waals surface area contributed by atoms with E-state index in [-0.39, 0.29) is 17.8 Å². The SMILES string of the molecule is COc1ccc(Br)cc1[C@H]1Nc2ccc(F)cc2[C@H]2C=CC[C@H]21. The average Bonchev–Trinajstić information content (AvgIpc) is 3.04. The van der Waals surface area contributed by atoms with Crippen LogP contribution in [0.25, 0.3) is 0 Å². The molecule has 1 aliphatic heterocycles. The maximum Gasteiger partial charge on any atom is 0.124 e. The van der Waals surface area contributed by atoms with Crippen molar-refractivity contribution in [1.82, 2.24) is 0 Å². The summed E-state index contributed by atoms with van der Waals surface area (Å²) in [5, 5.41) is 3.61. The molecule has 118 valence electrons. The lowest BCUT2D eigenvalue weighted by Gasteiger charge is -2.38. The molecule has 1 aliphatic carbocycles. The first-order valence-corrected chi connectivity index (χ1v) is 8.53. The first-order valence-electron chi connectivity index (χ1n) is 7.73. The number of allylic oxidation sites excluding steroid dienone is 2. The highest BCUT2D eigenvalue weighted by Crippen LogP contribution is 2.51. The van der Waals surface area contributed by atoms with E-state index in [1.54, 1.807) is 13.2 Å². The number of fused-ring (bicyclic) bond motifs is 3. The van der Waals surface area contributed by atoms with Gasteiger partial charge in [0.25, 0.3) is 0 Å². The molecule has 3 atom stereocenters. The second-order valence-corrected chi connectivity index (χ2v) is 7.01. The predicted molar refractivity (Wildman–Crippen MR) is 93.4 cm³/mol. The van der Waals surface area contributed by atoms with Crippen LogP contribution in [-0.4, -0.2) is 7.11 Å². The van der Waals surface area contributed by atoms with Crippen LogP contribution in [0.2, 0.25) is 0 Å². The summed E-state index contributed by atoms with van der Waals surface area (Å²) in [4.78, 5) is 0. The first-order chi connectivity index (χ1) is 11.2. The molecular weight excluding hydrogens is 357 g/mol. The van der Waals surface area contributed by atoms with Crippen molar-refractivity contribution in [3.05, 3.63) is 70.0 Å². The molecule has 23 heavy (non-hydrogen) atoms. The van der Waals surface area contributed by atoms with Crippen LogP contribution >= 0.6 is 15.9 Å². The Morgan fingerprint density at radius 3 is 2.87 bits per heavy atom. The van der Waals surface area contributed by atoms with E-state index in [0.29, 0.717) is 5.92 Å². The molecule has 4 heteroatoms. The van der Waals surface area contributed by atoms with E-state index in [1.807, 2.05) is 18.2 Å². The number of rotatable bonds is 2. The zero-order chi connectivity index (χ0) is 16.0. The molecule has 4 rings (SSSR count). The molecule has 0 aromatic heterocycles. The number of nitrogens with one attached hydrogen (secondary N) is 1. The molecule has 0 unspecified atom stereocenters. The fraction of sp³-hybridized carbons (Fsp3) is 0.263. The standard InChI is InChI=1S/C19H17BrFNO/c1-23-18-8-5-11(20)9-16(18)19-14-4-2-3-13(14)15-10-12(21)6-7-17(15)22-19/h2-3,5-10,13-14,19,22H,4H2,1H3/t13-,14+,19-/m0/s1. The highest BCUT2D eigenvalue weighted by atomic mass is 79.9. The third-order valence-corrected chi connectivity index (χ3v) is 5.34. The molecule has 0 radical (unpaired) electrons. The molecule has 0 fully saturated rings. The van der Waals surface area contributed by atoms with E-state index >= 15 is 0 Å². The van der Waals surface area contributed by atoms with Gasteiger partial charge >= 0.3 is 0 Å². The van der Waals surface area contributed by atoms with Gasteiger partial charge < -0.3 is 10.1 Å². The van der Waals surface area contributed by atoms with Gasteiger partial charge in [0, 0.05) is 21.6 Å². The molecule has 0 spiro atoms. The van der Waals surface area contributed by atoms with Crippen LogP contribution in [0.1, 0.15) is 29.5 Å². The Kier molecular flexibility index (Phi) is 3.64. The summed E-state index contributed by atoms with van der Waals surface area (Å²) < 4.78 is 20.3. The van der Waals surface area contributed by atoms with Gasteiger partial charge in [-0.05, 0) is 54.3 Å². The van der Waals surface area contributed by atoms with Crippen molar-refractivity contribution in [2.24, 2.45) is 5.92 Å².